The molecule has 0 aliphatic carbocycles. The minimum absolute atomic E-state index is 0.00809. The molecule has 0 fully saturated rings. The quantitative estimate of drug-likeness (QED) is 0.793. The van der Waals surface area contributed by atoms with Crippen LogP contribution in [0.5, 0.6) is 5.75 Å². The highest BCUT2D eigenvalue weighted by atomic mass is 19.1. The fraction of sp³-hybridized carbons (Fsp3) is 0.389. The summed E-state index contributed by atoms with van der Waals surface area (Å²) in [4.78, 5) is 12.2. The number of nitrogens with one attached hydrogen (secondary N) is 2. The Hall–Kier alpha value is -2.54. The molecule has 1 aliphatic rings. The summed E-state index contributed by atoms with van der Waals surface area (Å²) in [5, 5.41) is 15.9. The van der Waals surface area contributed by atoms with Crippen LogP contribution >= 0.6 is 0 Å². The van der Waals surface area contributed by atoms with Gasteiger partial charge in [0.2, 0.25) is 0 Å². The van der Waals surface area contributed by atoms with E-state index in [1.807, 2.05) is 0 Å². The number of halogens is 1. The van der Waals surface area contributed by atoms with Gasteiger partial charge in [-0.3, -0.25) is 0 Å². The predicted octanol–water partition coefficient (Wildman–Crippen LogP) is 2.84. The van der Waals surface area contributed by atoms with Gasteiger partial charge in [0.15, 0.2) is 0 Å². The van der Waals surface area contributed by atoms with Crippen molar-refractivity contribution < 1.29 is 23.4 Å². The molecular formula is C18H21FN2O4. The molecule has 6 nitrogen and oxygen atoms in total. The molecule has 1 aromatic heterocycles. The van der Waals surface area contributed by atoms with Gasteiger partial charge < -0.3 is 24.9 Å². The molecule has 1 aromatic carbocycles. The average Bonchev–Trinajstić information content (AvgIpc) is 3.05. The highest BCUT2D eigenvalue weighted by molar-refractivity contribution is 5.74. The third kappa shape index (κ3) is 4.11. The molecule has 2 unspecified atom stereocenters. The fourth-order valence-electron chi connectivity index (χ4n) is 2.83. The van der Waals surface area contributed by atoms with Gasteiger partial charge in [0, 0.05) is 11.6 Å². The maximum atomic E-state index is 13.4. The van der Waals surface area contributed by atoms with Gasteiger partial charge in [0.05, 0.1) is 25.5 Å². The summed E-state index contributed by atoms with van der Waals surface area (Å²) < 4.78 is 24.1. The largest absolute Gasteiger partial charge is 0.493 e. The Kier molecular flexibility index (Phi) is 4.94. The van der Waals surface area contributed by atoms with Crippen molar-refractivity contribution in [2.45, 2.75) is 31.4 Å². The van der Waals surface area contributed by atoms with Crippen molar-refractivity contribution in [1.29, 1.82) is 0 Å². The van der Waals surface area contributed by atoms with E-state index in [0.717, 1.165) is 12.0 Å². The minimum atomic E-state index is -1.31. The van der Waals surface area contributed by atoms with Gasteiger partial charge in [0.1, 0.15) is 22.9 Å². The number of fused-ring (bicyclic) bond motifs is 1. The molecule has 2 heterocycles. The standard InChI is InChI=1S/C18H21FN2O4/c1-18(23,16-5-3-9-25-16)11-20-17(22)21-14-4-2-8-24-15-10-12(19)6-7-13(14)15/h3,5-7,9-10,14,23H,2,4,8,11H2,1H3,(H2,20,21,22). The van der Waals surface area contributed by atoms with Crippen LogP contribution in [0.3, 0.4) is 0 Å². The Morgan fingerprint density at radius 1 is 1.44 bits per heavy atom. The average molecular weight is 348 g/mol. The second-order valence-corrected chi connectivity index (χ2v) is 6.30. The van der Waals surface area contributed by atoms with Crippen LogP contribution in [-0.4, -0.2) is 24.3 Å². The van der Waals surface area contributed by atoms with Crippen LogP contribution in [-0.2, 0) is 5.60 Å². The number of ether oxygens (including phenoxy) is 1. The smallest absolute Gasteiger partial charge is 0.315 e. The molecule has 7 heteroatoms. The monoisotopic (exact) mass is 348 g/mol. The summed E-state index contributed by atoms with van der Waals surface area (Å²) in [6.45, 7) is 2.03. The molecule has 0 bridgehead atoms. The Morgan fingerprint density at radius 3 is 3.04 bits per heavy atom. The summed E-state index contributed by atoms with van der Waals surface area (Å²) in [7, 11) is 0. The van der Waals surface area contributed by atoms with E-state index in [4.69, 9.17) is 9.15 Å². The van der Waals surface area contributed by atoms with Crippen molar-refractivity contribution in [3.05, 3.63) is 53.7 Å². The van der Waals surface area contributed by atoms with Crippen molar-refractivity contribution in [3.63, 3.8) is 0 Å². The molecular weight excluding hydrogens is 327 g/mol. The number of urea groups is 1. The van der Waals surface area contributed by atoms with Gasteiger partial charge in [-0.2, -0.15) is 0 Å². The van der Waals surface area contributed by atoms with Crippen LogP contribution in [0.15, 0.2) is 41.0 Å². The zero-order valence-corrected chi connectivity index (χ0v) is 13.9. The molecule has 0 spiro atoms. The molecule has 0 saturated carbocycles. The molecule has 25 heavy (non-hydrogen) atoms. The van der Waals surface area contributed by atoms with E-state index in [1.54, 1.807) is 25.1 Å². The highest BCUT2D eigenvalue weighted by Crippen LogP contribution is 2.32. The number of rotatable bonds is 4. The Balaban J connectivity index is 1.63. The molecule has 2 amide bonds. The second kappa shape index (κ2) is 7.14. The van der Waals surface area contributed by atoms with Gasteiger partial charge in [-0.05, 0) is 38.0 Å². The summed E-state index contributed by atoms with van der Waals surface area (Å²) in [5.41, 5.74) is -0.569. The Bertz CT molecular complexity index is 731. The number of carbonyl (C=O) groups is 1. The highest BCUT2D eigenvalue weighted by Gasteiger charge is 2.28. The number of furan rings is 1. The molecule has 3 N–H and O–H groups in total. The van der Waals surface area contributed by atoms with Crippen LogP contribution in [0.4, 0.5) is 9.18 Å². The van der Waals surface area contributed by atoms with Crippen molar-refractivity contribution in [3.8, 4) is 5.75 Å². The van der Waals surface area contributed by atoms with Crippen molar-refractivity contribution in [2.24, 2.45) is 0 Å². The third-order valence-corrected chi connectivity index (χ3v) is 4.20. The zero-order chi connectivity index (χ0) is 17.9. The molecule has 2 aromatic rings. The zero-order valence-electron chi connectivity index (χ0n) is 13.9. The number of hydrogen-bond donors (Lipinski definition) is 3. The first-order valence-corrected chi connectivity index (χ1v) is 8.19. The normalized spacial score (nSPS) is 19.1. The third-order valence-electron chi connectivity index (χ3n) is 4.20. The SMILES string of the molecule is CC(O)(CNC(=O)NC1CCCOc2cc(F)ccc21)c1ccco1. The van der Waals surface area contributed by atoms with E-state index in [0.29, 0.717) is 24.5 Å². The van der Waals surface area contributed by atoms with Gasteiger partial charge in [0.25, 0.3) is 0 Å². The maximum absolute atomic E-state index is 13.4. The Morgan fingerprint density at radius 2 is 2.28 bits per heavy atom. The van der Waals surface area contributed by atoms with Crippen LogP contribution in [0.2, 0.25) is 0 Å². The van der Waals surface area contributed by atoms with E-state index in [-0.39, 0.29) is 18.4 Å². The van der Waals surface area contributed by atoms with Gasteiger partial charge in [-0.25, -0.2) is 9.18 Å². The molecule has 2 atom stereocenters. The summed E-state index contributed by atoms with van der Waals surface area (Å²) in [5.74, 6) is 0.445. The molecule has 0 radical (unpaired) electrons. The first-order chi connectivity index (χ1) is 12.0. The van der Waals surface area contributed by atoms with Gasteiger partial charge in [-0.15, -0.1) is 0 Å². The number of carbonyl (C=O) groups excluding carboxylic acids is 1. The van der Waals surface area contributed by atoms with E-state index in [1.165, 1.54) is 18.4 Å². The van der Waals surface area contributed by atoms with Crippen LogP contribution in [0.25, 0.3) is 0 Å². The fourth-order valence-corrected chi connectivity index (χ4v) is 2.83. The van der Waals surface area contributed by atoms with E-state index in [9.17, 15) is 14.3 Å². The van der Waals surface area contributed by atoms with Crippen molar-refractivity contribution in [2.75, 3.05) is 13.2 Å². The number of benzene rings is 1. The van der Waals surface area contributed by atoms with Gasteiger partial charge >= 0.3 is 6.03 Å². The molecule has 134 valence electrons. The summed E-state index contributed by atoms with van der Waals surface area (Å²) in [6, 6.07) is 6.91. The molecule has 0 saturated heterocycles. The minimum Gasteiger partial charge on any atom is -0.493 e. The summed E-state index contributed by atoms with van der Waals surface area (Å²) >= 11 is 0. The topological polar surface area (TPSA) is 83.7 Å². The lowest BCUT2D eigenvalue weighted by Crippen LogP contribution is -2.44. The maximum Gasteiger partial charge on any atom is 0.315 e. The van der Waals surface area contributed by atoms with Crippen LogP contribution in [0, 0.1) is 5.82 Å². The lowest BCUT2D eigenvalue weighted by Gasteiger charge is -2.23. The van der Waals surface area contributed by atoms with Crippen molar-refractivity contribution in [1.82, 2.24) is 10.6 Å². The molecule has 1 aliphatic heterocycles. The number of amides is 2. The summed E-state index contributed by atoms with van der Waals surface area (Å²) in [6.07, 6.45) is 2.89. The van der Waals surface area contributed by atoms with Gasteiger partial charge in [-0.1, -0.05) is 6.07 Å². The first kappa shape index (κ1) is 17.3. The van der Waals surface area contributed by atoms with E-state index in [2.05, 4.69) is 10.6 Å². The number of aliphatic hydroxyl groups is 1. The van der Waals surface area contributed by atoms with Crippen LogP contribution in [0.1, 0.15) is 37.1 Å². The van der Waals surface area contributed by atoms with E-state index < -0.39 is 11.6 Å². The second-order valence-electron chi connectivity index (χ2n) is 6.30. The lowest BCUT2D eigenvalue weighted by atomic mass is 10.0. The molecule has 3 rings (SSSR count). The number of hydrogen-bond acceptors (Lipinski definition) is 4. The first-order valence-electron chi connectivity index (χ1n) is 8.19. The Labute approximate surface area is 145 Å². The lowest BCUT2D eigenvalue weighted by molar-refractivity contribution is 0.0366. The van der Waals surface area contributed by atoms with Crippen molar-refractivity contribution >= 4 is 6.03 Å². The predicted molar refractivity (Wildman–Crippen MR) is 88.7 cm³/mol. The van der Waals surface area contributed by atoms with E-state index >= 15 is 0 Å². The van der Waals surface area contributed by atoms with Crippen LogP contribution < -0.4 is 15.4 Å².